The van der Waals surface area contributed by atoms with E-state index in [9.17, 15) is 4.79 Å². The van der Waals surface area contributed by atoms with Crippen LogP contribution in [0.1, 0.15) is 0 Å². The minimum Gasteiger partial charge on any atom is -0.298 e. The van der Waals surface area contributed by atoms with Crippen LogP contribution in [-0.2, 0) is 4.79 Å². The summed E-state index contributed by atoms with van der Waals surface area (Å²) in [6.07, 6.45) is 13.0. The first-order valence-corrected chi connectivity index (χ1v) is 4.40. The molecule has 2 atom stereocenters. The average Bonchev–Trinajstić information content (AvgIpc) is 2.19. The number of likely N-dealkylation sites (N-methyl/N-ethyl adjacent to an activating group) is 1. The molecule has 2 aliphatic rings. The van der Waals surface area contributed by atoms with Gasteiger partial charge in [0.05, 0.1) is 5.92 Å². The number of carbonyl (C=O) groups excluding carboxylic acids is 1. The Morgan fingerprint density at radius 2 is 2.15 bits per heavy atom. The Balaban J connectivity index is 2.40. The van der Waals surface area contributed by atoms with Gasteiger partial charge < -0.3 is 0 Å². The van der Waals surface area contributed by atoms with Gasteiger partial charge in [-0.1, -0.05) is 18.2 Å². The van der Waals surface area contributed by atoms with Crippen molar-refractivity contribution >= 4 is 12.5 Å². The molecule has 0 amide bonds. The first-order chi connectivity index (χ1) is 6.33. The van der Waals surface area contributed by atoms with Crippen LogP contribution in [0.25, 0.3) is 0 Å². The lowest BCUT2D eigenvalue weighted by molar-refractivity contribution is -0.527. The highest BCUT2D eigenvalue weighted by Crippen LogP contribution is 2.23. The monoisotopic (exact) mass is 174 g/mol. The molecule has 0 aromatic heterocycles. The maximum absolute atomic E-state index is 10.8. The second-order valence-electron chi connectivity index (χ2n) is 3.39. The predicted octanol–water partition coefficient (Wildman–Crippen LogP) is 0.949. The van der Waals surface area contributed by atoms with Gasteiger partial charge in [-0.15, -0.1) is 0 Å². The number of aldehydes is 1. The summed E-state index contributed by atoms with van der Waals surface area (Å²) >= 11 is 0. The van der Waals surface area contributed by atoms with Crippen LogP contribution < -0.4 is 0 Å². The summed E-state index contributed by atoms with van der Waals surface area (Å²) in [4.78, 5) is 10.8. The molecule has 0 aromatic carbocycles. The fraction of sp³-hybridized carbons (Fsp3) is 0.273. The summed E-state index contributed by atoms with van der Waals surface area (Å²) < 4.78 is 2.12. The Morgan fingerprint density at radius 3 is 2.92 bits per heavy atom. The summed E-state index contributed by atoms with van der Waals surface area (Å²) in [5.41, 5.74) is 0.865. The van der Waals surface area contributed by atoms with Gasteiger partial charge in [0, 0.05) is 11.6 Å². The molecule has 2 rings (SSSR count). The van der Waals surface area contributed by atoms with Crippen molar-refractivity contribution < 1.29 is 9.37 Å². The molecule has 0 N–H and O–H groups in total. The van der Waals surface area contributed by atoms with Gasteiger partial charge >= 0.3 is 0 Å². The first-order valence-electron chi connectivity index (χ1n) is 4.40. The molecule has 1 aliphatic heterocycles. The number of hydrogen-bond donors (Lipinski definition) is 0. The molecule has 2 heteroatoms. The van der Waals surface area contributed by atoms with Gasteiger partial charge in [-0.3, -0.25) is 4.79 Å². The third-order valence-corrected chi connectivity index (χ3v) is 2.60. The van der Waals surface area contributed by atoms with E-state index < -0.39 is 0 Å². The summed E-state index contributed by atoms with van der Waals surface area (Å²) in [6, 6.07) is 0.315. The highest BCUT2D eigenvalue weighted by molar-refractivity contribution is 5.84. The zero-order valence-electron chi connectivity index (χ0n) is 7.55. The Hall–Kier alpha value is -1.44. The van der Waals surface area contributed by atoms with Gasteiger partial charge in [0.15, 0.2) is 12.3 Å². The average molecular weight is 174 g/mol. The van der Waals surface area contributed by atoms with E-state index >= 15 is 0 Å². The van der Waals surface area contributed by atoms with Crippen LogP contribution >= 0.6 is 0 Å². The van der Waals surface area contributed by atoms with E-state index in [0.29, 0.717) is 6.04 Å². The van der Waals surface area contributed by atoms with Gasteiger partial charge in [0.2, 0.25) is 0 Å². The Kier molecular flexibility index (Phi) is 1.97. The van der Waals surface area contributed by atoms with Gasteiger partial charge in [-0.05, 0) is 6.08 Å². The number of nitrogens with zero attached hydrogens (tertiary/aromatic N) is 1. The van der Waals surface area contributed by atoms with Crippen molar-refractivity contribution in [1.82, 2.24) is 0 Å². The molecule has 2 nitrogen and oxygen atoms in total. The van der Waals surface area contributed by atoms with Crippen molar-refractivity contribution in [3.63, 3.8) is 0 Å². The van der Waals surface area contributed by atoms with Crippen molar-refractivity contribution in [2.45, 2.75) is 6.04 Å². The van der Waals surface area contributed by atoms with Crippen molar-refractivity contribution in [1.29, 1.82) is 0 Å². The Morgan fingerprint density at radius 1 is 1.38 bits per heavy atom. The van der Waals surface area contributed by atoms with Crippen molar-refractivity contribution in [2.24, 2.45) is 5.92 Å². The van der Waals surface area contributed by atoms with Crippen LogP contribution in [0.15, 0.2) is 36.0 Å². The van der Waals surface area contributed by atoms with Crippen LogP contribution in [0, 0.1) is 5.92 Å². The standard InChI is InChI=1S/C11H12NO/c1-12-7-6-9(8-13)10-4-2-3-5-11(10)12/h2-8,10-11H,1H3/q+1. The van der Waals surface area contributed by atoms with Crippen LogP contribution in [0.4, 0.5) is 0 Å². The summed E-state index contributed by atoms with van der Waals surface area (Å²) in [7, 11) is 2.03. The second kappa shape index (κ2) is 3.13. The molecule has 66 valence electrons. The molecular formula is C11H12NO+. The maximum Gasteiger partial charge on any atom is 0.181 e. The van der Waals surface area contributed by atoms with Crippen LogP contribution in [0.5, 0.6) is 0 Å². The quantitative estimate of drug-likeness (QED) is 0.428. The normalized spacial score (nSPS) is 30.5. The third kappa shape index (κ3) is 1.28. The molecule has 0 saturated carbocycles. The molecule has 0 aromatic rings. The largest absolute Gasteiger partial charge is 0.298 e. The zero-order valence-corrected chi connectivity index (χ0v) is 7.55. The van der Waals surface area contributed by atoms with Gasteiger partial charge in [0.1, 0.15) is 13.3 Å². The molecule has 2 unspecified atom stereocenters. The van der Waals surface area contributed by atoms with Gasteiger partial charge in [-0.25, -0.2) is 4.58 Å². The highest BCUT2D eigenvalue weighted by Gasteiger charge is 2.31. The van der Waals surface area contributed by atoms with Crippen molar-refractivity contribution in [2.75, 3.05) is 7.05 Å². The van der Waals surface area contributed by atoms with E-state index in [1.54, 1.807) is 0 Å². The number of rotatable bonds is 1. The summed E-state index contributed by atoms with van der Waals surface area (Å²) in [5.74, 6) is 0.234. The van der Waals surface area contributed by atoms with E-state index in [2.05, 4.69) is 16.7 Å². The number of hydrogen-bond acceptors (Lipinski definition) is 1. The molecule has 0 fully saturated rings. The fourth-order valence-electron chi connectivity index (χ4n) is 1.82. The third-order valence-electron chi connectivity index (χ3n) is 2.60. The number of allylic oxidation sites excluding steroid dienone is 3. The van der Waals surface area contributed by atoms with Crippen LogP contribution in [0.3, 0.4) is 0 Å². The zero-order chi connectivity index (χ0) is 9.26. The smallest absolute Gasteiger partial charge is 0.181 e. The van der Waals surface area contributed by atoms with Crippen molar-refractivity contribution in [3.8, 4) is 0 Å². The van der Waals surface area contributed by atoms with E-state index in [1.165, 1.54) is 0 Å². The molecular weight excluding hydrogens is 162 g/mol. The molecule has 1 aliphatic carbocycles. The van der Waals surface area contributed by atoms with E-state index in [-0.39, 0.29) is 5.92 Å². The lowest BCUT2D eigenvalue weighted by atomic mass is 9.86. The first kappa shape index (κ1) is 8.17. The predicted molar refractivity (Wildman–Crippen MR) is 52.0 cm³/mol. The molecule has 0 saturated heterocycles. The topological polar surface area (TPSA) is 20.1 Å². The second-order valence-corrected chi connectivity index (χ2v) is 3.39. The molecule has 1 heterocycles. The minimum atomic E-state index is 0.234. The lowest BCUT2D eigenvalue weighted by Crippen LogP contribution is -2.34. The summed E-state index contributed by atoms with van der Waals surface area (Å²) in [5, 5.41) is 0. The van der Waals surface area contributed by atoms with E-state index in [0.717, 1.165) is 11.9 Å². The Labute approximate surface area is 77.6 Å². The number of carbonyl (C=O) groups is 1. The van der Waals surface area contributed by atoms with Gasteiger partial charge in [0.25, 0.3) is 0 Å². The summed E-state index contributed by atoms with van der Waals surface area (Å²) in [6.45, 7) is 0. The lowest BCUT2D eigenvalue weighted by Gasteiger charge is -2.22. The molecule has 0 spiro atoms. The molecule has 0 bridgehead atoms. The number of fused-ring (bicyclic) bond motifs is 1. The molecule has 0 radical (unpaired) electrons. The molecule has 13 heavy (non-hydrogen) atoms. The van der Waals surface area contributed by atoms with Crippen LogP contribution in [-0.4, -0.2) is 30.2 Å². The SMILES string of the molecule is C[N+]1=CC=C(C=O)C2C=CC=CC21. The highest BCUT2D eigenvalue weighted by atomic mass is 16.1. The van der Waals surface area contributed by atoms with Gasteiger partial charge in [-0.2, -0.15) is 0 Å². The minimum absolute atomic E-state index is 0.234. The van der Waals surface area contributed by atoms with E-state index in [4.69, 9.17) is 0 Å². The van der Waals surface area contributed by atoms with Crippen molar-refractivity contribution in [3.05, 3.63) is 36.0 Å². The maximum atomic E-state index is 10.8. The van der Waals surface area contributed by atoms with Crippen LogP contribution in [0.2, 0.25) is 0 Å². The Bertz CT molecular complexity index is 347. The fourth-order valence-corrected chi connectivity index (χ4v) is 1.82. The van der Waals surface area contributed by atoms with E-state index in [1.807, 2.05) is 31.5 Å².